The maximum atomic E-state index is 12.9. The van der Waals surface area contributed by atoms with Crippen LogP contribution in [0.3, 0.4) is 0 Å². The van der Waals surface area contributed by atoms with Gasteiger partial charge in [0.15, 0.2) is 0 Å². The average Bonchev–Trinajstić information content (AvgIpc) is 3.22. The van der Waals surface area contributed by atoms with E-state index in [9.17, 15) is 22.8 Å². The molecule has 0 atom stereocenters. The molecule has 2 heterocycles. The lowest BCUT2D eigenvalue weighted by Gasteiger charge is -2.36. The summed E-state index contributed by atoms with van der Waals surface area (Å²) < 4.78 is 43.4. The first-order valence-corrected chi connectivity index (χ1v) is 8.85. The summed E-state index contributed by atoms with van der Waals surface area (Å²) in [5, 5.41) is 2.65. The first kappa shape index (κ1) is 19.8. The SMILES string of the molecule is O=C(NCCC(=O)N1CCN(c2cccc(C(F)(F)F)c2)CC1)c1ccoc1. The molecule has 1 aromatic carbocycles. The van der Waals surface area contributed by atoms with Crippen molar-refractivity contribution in [3.05, 3.63) is 54.0 Å². The second-order valence-electron chi connectivity index (χ2n) is 6.43. The van der Waals surface area contributed by atoms with Gasteiger partial charge in [-0.2, -0.15) is 13.2 Å². The van der Waals surface area contributed by atoms with Gasteiger partial charge in [0, 0.05) is 44.8 Å². The number of anilines is 1. The number of alkyl halides is 3. The van der Waals surface area contributed by atoms with E-state index < -0.39 is 11.7 Å². The highest BCUT2D eigenvalue weighted by atomic mass is 19.4. The molecule has 150 valence electrons. The number of carbonyl (C=O) groups excluding carboxylic acids is 2. The number of benzene rings is 1. The summed E-state index contributed by atoms with van der Waals surface area (Å²) in [6.07, 6.45) is -1.50. The van der Waals surface area contributed by atoms with E-state index >= 15 is 0 Å². The summed E-state index contributed by atoms with van der Waals surface area (Å²) in [6, 6.07) is 6.73. The summed E-state index contributed by atoms with van der Waals surface area (Å²) >= 11 is 0. The maximum Gasteiger partial charge on any atom is 0.416 e. The Kier molecular flexibility index (Phi) is 5.91. The quantitative estimate of drug-likeness (QED) is 0.846. The van der Waals surface area contributed by atoms with Gasteiger partial charge in [-0.25, -0.2) is 0 Å². The predicted molar refractivity (Wildman–Crippen MR) is 95.9 cm³/mol. The first-order valence-electron chi connectivity index (χ1n) is 8.85. The topological polar surface area (TPSA) is 65.8 Å². The van der Waals surface area contributed by atoms with Crippen molar-refractivity contribution >= 4 is 17.5 Å². The van der Waals surface area contributed by atoms with E-state index in [2.05, 4.69) is 5.32 Å². The van der Waals surface area contributed by atoms with Crippen LogP contribution in [0.4, 0.5) is 18.9 Å². The van der Waals surface area contributed by atoms with Crippen LogP contribution in [0.15, 0.2) is 47.3 Å². The summed E-state index contributed by atoms with van der Waals surface area (Å²) in [6.45, 7) is 1.95. The zero-order chi connectivity index (χ0) is 20.1. The first-order chi connectivity index (χ1) is 13.3. The highest BCUT2D eigenvalue weighted by Crippen LogP contribution is 2.31. The molecule has 1 aromatic heterocycles. The molecule has 1 N–H and O–H groups in total. The lowest BCUT2D eigenvalue weighted by atomic mass is 10.1. The lowest BCUT2D eigenvalue weighted by molar-refractivity contribution is -0.137. The van der Waals surface area contributed by atoms with Crippen molar-refractivity contribution in [3.8, 4) is 0 Å². The number of carbonyl (C=O) groups is 2. The summed E-state index contributed by atoms with van der Waals surface area (Å²) in [5.74, 6) is -0.410. The van der Waals surface area contributed by atoms with Crippen molar-refractivity contribution in [2.75, 3.05) is 37.6 Å². The third kappa shape index (κ3) is 4.85. The second-order valence-corrected chi connectivity index (χ2v) is 6.43. The van der Waals surface area contributed by atoms with Gasteiger partial charge >= 0.3 is 6.18 Å². The van der Waals surface area contributed by atoms with Gasteiger partial charge in [-0.05, 0) is 24.3 Å². The number of hydrogen-bond donors (Lipinski definition) is 1. The van der Waals surface area contributed by atoms with E-state index in [1.54, 1.807) is 11.0 Å². The molecule has 3 rings (SSSR count). The van der Waals surface area contributed by atoms with Crippen molar-refractivity contribution in [1.29, 1.82) is 0 Å². The van der Waals surface area contributed by atoms with Crippen LogP contribution in [0.2, 0.25) is 0 Å². The highest BCUT2D eigenvalue weighted by molar-refractivity contribution is 5.94. The highest BCUT2D eigenvalue weighted by Gasteiger charge is 2.31. The Morgan fingerprint density at radius 2 is 1.86 bits per heavy atom. The van der Waals surface area contributed by atoms with Gasteiger partial charge in [-0.1, -0.05) is 6.07 Å². The summed E-state index contributed by atoms with van der Waals surface area (Å²) in [4.78, 5) is 27.6. The molecule has 0 aliphatic carbocycles. The molecular weight excluding hydrogens is 375 g/mol. The number of rotatable bonds is 5. The van der Waals surface area contributed by atoms with Crippen molar-refractivity contribution in [2.24, 2.45) is 0 Å². The monoisotopic (exact) mass is 395 g/mol. The number of hydrogen-bond acceptors (Lipinski definition) is 4. The molecule has 0 saturated carbocycles. The molecule has 28 heavy (non-hydrogen) atoms. The van der Waals surface area contributed by atoms with Gasteiger partial charge in [0.25, 0.3) is 5.91 Å². The average molecular weight is 395 g/mol. The molecule has 0 spiro atoms. The zero-order valence-corrected chi connectivity index (χ0v) is 15.0. The molecule has 1 saturated heterocycles. The second kappa shape index (κ2) is 8.37. The fourth-order valence-electron chi connectivity index (χ4n) is 3.03. The minimum Gasteiger partial charge on any atom is -0.472 e. The van der Waals surface area contributed by atoms with Crippen LogP contribution in [-0.4, -0.2) is 49.4 Å². The van der Waals surface area contributed by atoms with Gasteiger partial charge < -0.3 is 19.5 Å². The molecule has 0 unspecified atom stereocenters. The Bertz CT molecular complexity index is 813. The van der Waals surface area contributed by atoms with E-state index in [4.69, 9.17) is 4.42 Å². The van der Waals surface area contributed by atoms with E-state index in [1.807, 2.05) is 4.90 Å². The number of nitrogens with one attached hydrogen (secondary N) is 1. The maximum absolute atomic E-state index is 12.9. The Morgan fingerprint density at radius 1 is 1.11 bits per heavy atom. The van der Waals surface area contributed by atoms with Crippen LogP contribution in [0, 0.1) is 0 Å². The van der Waals surface area contributed by atoms with Crippen molar-refractivity contribution in [1.82, 2.24) is 10.2 Å². The molecule has 2 amide bonds. The Balaban J connectivity index is 1.46. The molecular formula is C19H20F3N3O3. The Labute approximate surface area is 159 Å². The van der Waals surface area contributed by atoms with Crippen molar-refractivity contribution in [2.45, 2.75) is 12.6 Å². The van der Waals surface area contributed by atoms with Crippen molar-refractivity contribution < 1.29 is 27.2 Å². The number of amides is 2. The van der Waals surface area contributed by atoms with Crippen molar-refractivity contribution in [3.63, 3.8) is 0 Å². The minimum atomic E-state index is -4.38. The van der Waals surface area contributed by atoms with Gasteiger partial charge in [-0.3, -0.25) is 9.59 Å². The largest absolute Gasteiger partial charge is 0.472 e. The molecule has 1 aliphatic rings. The fourth-order valence-corrected chi connectivity index (χ4v) is 3.03. The molecule has 1 aliphatic heterocycles. The predicted octanol–water partition coefficient (Wildman–Crippen LogP) is 2.77. The number of piperazine rings is 1. The molecule has 1 fully saturated rings. The molecule has 0 radical (unpaired) electrons. The smallest absolute Gasteiger partial charge is 0.416 e. The number of halogens is 3. The van der Waals surface area contributed by atoms with Gasteiger partial charge in [0.2, 0.25) is 5.91 Å². The standard InChI is InChI=1S/C19H20F3N3O3/c20-19(21,22)15-2-1-3-16(12-15)24-7-9-25(10-8-24)17(26)4-6-23-18(27)14-5-11-28-13-14/h1-3,5,11-13H,4,6-10H2,(H,23,27). The van der Waals surface area contributed by atoms with Crippen LogP contribution in [0.5, 0.6) is 0 Å². The third-order valence-electron chi connectivity index (χ3n) is 4.58. The van der Waals surface area contributed by atoms with Gasteiger partial charge in [0.1, 0.15) is 6.26 Å². The number of nitrogens with zero attached hydrogens (tertiary/aromatic N) is 2. The fraction of sp³-hybridized carbons (Fsp3) is 0.368. The summed E-state index contributed by atoms with van der Waals surface area (Å²) in [7, 11) is 0. The molecule has 0 bridgehead atoms. The Hall–Kier alpha value is -2.97. The lowest BCUT2D eigenvalue weighted by Crippen LogP contribution is -2.49. The van der Waals surface area contributed by atoms with E-state index in [1.165, 1.54) is 24.7 Å². The van der Waals surface area contributed by atoms with Crippen LogP contribution in [-0.2, 0) is 11.0 Å². The van der Waals surface area contributed by atoms with Crippen LogP contribution < -0.4 is 10.2 Å². The summed E-state index contributed by atoms with van der Waals surface area (Å²) in [5.41, 5.74) is 0.202. The minimum absolute atomic E-state index is 0.101. The molecule has 2 aromatic rings. The van der Waals surface area contributed by atoms with E-state index in [-0.39, 0.29) is 24.8 Å². The number of furan rings is 1. The van der Waals surface area contributed by atoms with Crippen LogP contribution in [0.1, 0.15) is 22.3 Å². The van der Waals surface area contributed by atoms with Crippen LogP contribution >= 0.6 is 0 Å². The Morgan fingerprint density at radius 3 is 2.50 bits per heavy atom. The van der Waals surface area contributed by atoms with E-state index in [0.29, 0.717) is 37.4 Å². The normalized spacial score (nSPS) is 14.8. The third-order valence-corrected chi connectivity index (χ3v) is 4.58. The van der Waals surface area contributed by atoms with Crippen LogP contribution in [0.25, 0.3) is 0 Å². The van der Waals surface area contributed by atoms with Gasteiger partial charge in [-0.15, -0.1) is 0 Å². The van der Waals surface area contributed by atoms with E-state index in [0.717, 1.165) is 12.1 Å². The zero-order valence-electron chi connectivity index (χ0n) is 15.0. The molecule has 6 nitrogen and oxygen atoms in total. The van der Waals surface area contributed by atoms with Gasteiger partial charge in [0.05, 0.1) is 17.4 Å². The molecule has 9 heteroatoms.